The number of urea groups is 1. The van der Waals surface area contributed by atoms with Crippen LogP contribution in [0.2, 0.25) is 0 Å². The van der Waals surface area contributed by atoms with Crippen LogP contribution in [0.4, 0.5) is 34.6 Å². The minimum atomic E-state index is -4.49. The van der Waals surface area contributed by atoms with Gasteiger partial charge in [0.1, 0.15) is 6.54 Å². The highest BCUT2D eigenvalue weighted by atomic mass is 32.1. The molecule has 0 saturated heterocycles. The minimum absolute atomic E-state index is 0.169. The number of thiazole rings is 1. The summed E-state index contributed by atoms with van der Waals surface area (Å²) in [7, 11) is 1.55. The lowest BCUT2D eigenvalue weighted by molar-refractivity contribution is -0.137. The first-order valence-corrected chi connectivity index (χ1v) is 9.91. The molecule has 1 aromatic carbocycles. The number of carbonyl (C=O) groups excluding carboxylic acids is 2. The predicted molar refractivity (Wildman–Crippen MR) is 111 cm³/mol. The number of aromatic nitrogens is 2. The molecule has 2 aromatic heterocycles. The predicted octanol–water partition coefficient (Wildman–Crippen LogP) is 4.55. The average molecular weight is 447 g/mol. The number of likely N-dealkylation sites (N-methyl/N-ethyl adjacent to an activating group) is 1. The van der Waals surface area contributed by atoms with Crippen LogP contribution in [0.25, 0.3) is 11.3 Å². The van der Waals surface area contributed by atoms with E-state index in [1.54, 1.807) is 19.3 Å². The van der Waals surface area contributed by atoms with E-state index in [4.69, 9.17) is 0 Å². The lowest BCUT2D eigenvalue weighted by atomic mass is 10.1. The van der Waals surface area contributed by atoms with Gasteiger partial charge in [0.05, 0.1) is 16.9 Å². The first kappa shape index (κ1) is 20.8. The van der Waals surface area contributed by atoms with E-state index in [-0.39, 0.29) is 29.5 Å². The van der Waals surface area contributed by atoms with Crippen molar-refractivity contribution in [3.8, 4) is 11.3 Å². The Morgan fingerprint density at radius 3 is 2.68 bits per heavy atom. The number of hydrogen-bond acceptors (Lipinski definition) is 5. The van der Waals surface area contributed by atoms with Gasteiger partial charge in [-0.15, -0.1) is 11.3 Å². The molecule has 0 radical (unpaired) electrons. The first-order valence-electron chi connectivity index (χ1n) is 9.09. The maximum atomic E-state index is 13.1. The number of amides is 3. The highest BCUT2D eigenvalue weighted by Crippen LogP contribution is 2.36. The van der Waals surface area contributed by atoms with Crippen LogP contribution in [-0.2, 0) is 11.0 Å². The number of hydrogen-bond donors (Lipinski definition) is 1. The van der Waals surface area contributed by atoms with Gasteiger partial charge in [-0.1, -0.05) is 12.1 Å². The molecule has 3 heterocycles. The molecule has 31 heavy (non-hydrogen) atoms. The highest BCUT2D eigenvalue weighted by molar-refractivity contribution is 7.15. The van der Waals surface area contributed by atoms with E-state index in [2.05, 4.69) is 15.3 Å². The van der Waals surface area contributed by atoms with Gasteiger partial charge < -0.3 is 4.90 Å². The monoisotopic (exact) mass is 447 g/mol. The molecule has 1 aliphatic heterocycles. The summed E-state index contributed by atoms with van der Waals surface area (Å²) in [6, 6.07) is 7.24. The molecule has 3 amide bonds. The Morgan fingerprint density at radius 2 is 2.00 bits per heavy atom. The van der Waals surface area contributed by atoms with E-state index in [9.17, 15) is 22.8 Å². The lowest BCUT2D eigenvalue weighted by Crippen LogP contribution is -2.48. The number of fused-ring (bicyclic) bond motifs is 1. The van der Waals surface area contributed by atoms with Gasteiger partial charge in [-0.3, -0.25) is 15.0 Å². The average Bonchev–Trinajstić information content (AvgIpc) is 3.14. The molecular formula is C20H16F3N5O2S. The molecule has 0 unspecified atom stereocenters. The smallest absolute Gasteiger partial charge is 0.311 e. The highest BCUT2D eigenvalue weighted by Gasteiger charge is 2.33. The molecule has 0 aliphatic carbocycles. The van der Waals surface area contributed by atoms with Crippen molar-refractivity contribution in [3.05, 3.63) is 53.0 Å². The van der Waals surface area contributed by atoms with Crippen molar-refractivity contribution in [3.63, 3.8) is 0 Å². The van der Waals surface area contributed by atoms with Crippen LogP contribution >= 0.6 is 11.3 Å². The van der Waals surface area contributed by atoms with E-state index < -0.39 is 17.8 Å². The fourth-order valence-electron chi connectivity index (χ4n) is 3.11. The van der Waals surface area contributed by atoms with Crippen LogP contribution < -0.4 is 15.1 Å². The molecule has 1 aliphatic rings. The van der Waals surface area contributed by atoms with Gasteiger partial charge in [0.25, 0.3) is 0 Å². The van der Waals surface area contributed by atoms with Crippen molar-refractivity contribution in [2.24, 2.45) is 0 Å². The number of nitrogens with one attached hydrogen (secondary N) is 1. The summed E-state index contributed by atoms with van der Waals surface area (Å²) in [5, 5.41) is 3.00. The van der Waals surface area contributed by atoms with Gasteiger partial charge in [0.15, 0.2) is 10.9 Å². The molecule has 3 aromatic rings. The lowest BCUT2D eigenvalue weighted by Gasteiger charge is -2.33. The second-order valence-corrected chi connectivity index (χ2v) is 8.10. The number of nitrogens with zero attached hydrogens (tertiary/aromatic N) is 4. The SMILES string of the molecule is Cc1cnc(NC(=O)N2CC(=O)N(C)c3ccc(-c4cccc(C(F)(F)F)c4)nc32)s1. The number of rotatable bonds is 2. The van der Waals surface area contributed by atoms with E-state index in [0.29, 0.717) is 10.8 Å². The zero-order valence-electron chi connectivity index (χ0n) is 16.4. The number of aryl methyl sites for hydroxylation is 1. The third-order valence-electron chi connectivity index (χ3n) is 4.70. The summed E-state index contributed by atoms with van der Waals surface area (Å²) in [4.78, 5) is 37.1. The molecule has 0 fully saturated rings. The molecule has 0 bridgehead atoms. The van der Waals surface area contributed by atoms with Gasteiger partial charge in [0, 0.05) is 23.7 Å². The van der Waals surface area contributed by atoms with Crippen molar-refractivity contribution >= 4 is 39.9 Å². The van der Waals surface area contributed by atoms with Crippen LogP contribution in [0.3, 0.4) is 0 Å². The summed E-state index contributed by atoms with van der Waals surface area (Å²) in [6.07, 6.45) is -2.89. The maximum absolute atomic E-state index is 13.1. The topological polar surface area (TPSA) is 78.4 Å². The van der Waals surface area contributed by atoms with E-state index in [1.807, 2.05) is 6.92 Å². The number of pyridine rings is 1. The second kappa shape index (κ2) is 7.65. The van der Waals surface area contributed by atoms with E-state index in [0.717, 1.165) is 21.9 Å². The summed E-state index contributed by atoms with van der Waals surface area (Å²) in [5.74, 6) is -0.158. The molecule has 0 saturated carbocycles. The fourth-order valence-corrected chi connectivity index (χ4v) is 3.76. The molecule has 0 spiro atoms. The normalized spacial score (nSPS) is 13.9. The number of halogens is 3. The number of carbonyl (C=O) groups is 2. The minimum Gasteiger partial charge on any atom is -0.311 e. The standard InChI is InChI=1S/C20H16F3N5O2S/c1-11-9-24-18(31-11)26-19(30)28-10-16(29)27(2)15-7-6-14(25-17(15)28)12-4-3-5-13(8-12)20(21,22)23/h3-9H,10H2,1-2H3,(H,24,26,30). The molecule has 7 nitrogen and oxygen atoms in total. The molecule has 160 valence electrons. The van der Waals surface area contributed by atoms with E-state index >= 15 is 0 Å². The Bertz CT molecular complexity index is 1180. The second-order valence-electron chi connectivity index (χ2n) is 6.86. The quantitative estimate of drug-likeness (QED) is 0.625. The largest absolute Gasteiger partial charge is 0.416 e. The van der Waals surface area contributed by atoms with Crippen molar-refractivity contribution in [1.82, 2.24) is 9.97 Å². The van der Waals surface area contributed by atoms with Crippen LogP contribution in [0, 0.1) is 6.92 Å². The third-order valence-corrected chi connectivity index (χ3v) is 5.53. The van der Waals surface area contributed by atoms with Crippen LogP contribution in [0.15, 0.2) is 42.6 Å². The summed E-state index contributed by atoms with van der Waals surface area (Å²) >= 11 is 1.27. The van der Waals surface area contributed by atoms with Crippen molar-refractivity contribution in [1.29, 1.82) is 0 Å². The third kappa shape index (κ3) is 4.08. The summed E-state index contributed by atoms with van der Waals surface area (Å²) < 4.78 is 39.3. The number of anilines is 3. The maximum Gasteiger partial charge on any atom is 0.416 e. The Morgan fingerprint density at radius 1 is 1.23 bits per heavy atom. The molecule has 4 rings (SSSR count). The Kier molecular flexibility index (Phi) is 5.13. The molecule has 0 atom stereocenters. The Hall–Kier alpha value is -3.47. The molecular weight excluding hydrogens is 431 g/mol. The van der Waals surface area contributed by atoms with E-state index in [1.165, 1.54) is 34.4 Å². The fraction of sp³-hybridized carbons (Fsp3) is 0.200. The summed E-state index contributed by atoms with van der Waals surface area (Å²) in [6.45, 7) is 1.57. The van der Waals surface area contributed by atoms with Crippen LogP contribution in [0.5, 0.6) is 0 Å². The zero-order valence-corrected chi connectivity index (χ0v) is 17.2. The van der Waals surface area contributed by atoms with Crippen molar-refractivity contribution in [2.45, 2.75) is 13.1 Å². The van der Waals surface area contributed by atoms with Crippen molar-refractivity contribution in [2.75, 3.05) is 28.7 Å². The first-order chi connectivity index (χ1) is 14.6. The number of benzene rings is 1. The zero-order chi connectivity index (χ0) is 22.3. The van der Waals surface area contributed by atoms with Gasteiger partial charge in [0.2, 0.25) is 5.91 Å². The molecule has 11 heteroatoms. The van der Waals surface area contributed by atoms with Crippen LogP contribution in [-0.4, -0.2) is 35.5 Å². The molecule has 1 N–H and O–H groups in total. The van der Waals surface area contributed by atoms with Gasteiger partial charge in [-0.05, 0) is 31.2 Å². The van der Waals surface area contributed by atoms with Gasteiger partial charge >= 0.3 is 12.2 Å². The van der Waals surface area contributed by atoms with Gasteiger partial charge in [-0.25, -0.2) is 14.8 Å². The Labute approximate surface area is 179 Å². The Balaban J connectivity index is 1.73. The van der Waals surface area contributed by atoms with Crippen LogP contribution in [0.1, 0.15) is 10.4 Å². The van der Waals surface area contributed by atoms with Crippen molar-refractivity contribution < 1.29 is 22.8 Å². The van der Waals surface area contributed by atoms with Gasteiger partial charge in [-0.2, -0.15) is 13.2 Å². The number of alkyl halides is 3. The summed E-state index contributed by atoms with van der Waals surface area (Å²) in [5.41, 5.74) is 0.0616.